The molecule has 0 aromatic carbocycles. The molecule has 0 saturated heterocycles. The van der Waals surface area contributed by atoms with E-state index in [0.29, 0.717) is 0 Å². The predicted octanol–water partition coefficient (Wildman–Crippen LogP) is 3.61. The molecule has 0 aromatic rings. The SMILES string of the molecule is C1=C/C=C/CCCCCCC=1. The van der Waals surface area contributed by atoms with Crippen LogP contribution in [0.25, 0.3) is 0 Å². The van der Waals surface area contributed by atoms with E-state index in [4.69, 9.17) is 0 Å². The molecule has 0 aromatic heterocycles. The van der Waals surface area contributed by atoms with Gasteiger partial charge in [-0.15, -0.1) is 5.73 Å². The van der Waals surface area contributed by atoms with Gasteiger partial charge in [0, 0.05) is 0 Å². The smallest absolute Gasteiger partial charge is 0.0206 e. The number of allylic oxidation sites excluding steroid dienone is 3. The van der Waals surface area contributed by atoms with Crippen molar-refractivity contribution in [3.8, 4) is 0 Å². The van der Waals surface area contributed by atoms with E-state index in [-0.39, 0.29) is 0 Å². The molecule has 0 heterocycles. The zero-order valence-corrected chi connectivity index (χ0v) is 7.05. The Morgan fingerprint density at radius 2 is 1.73 bits per heavy atom. The second-order valence-corrected chi connectivity index (χ2v) is 2.96. The molecule has 0 bridgehead atoms. The van der Waals surface area contributed by atoms with E-state index < -0.39 is 0 Å². The maximum absolute atomic E-state index is 3.15. The van der Waals surface area contributed by atoms with Crippen molar-refractivity contribution in [3.05, 3.63) is 30.0 Å². The molecule has 0 atom stereocenters. The molecule has 0 amide bonds. The van der Waals surface area contributed by atoms with Gasteiger partial charge in [0.15, 0.2) is 0 Å². The fourth-order valence-electron chi connectivity index (χ4n) is 1.23. The lowest BCUT2D eigenvalue weighted by Crippen LogP contribution is -1.75. The summed E-state index contributed by atoms with van der Waals surface area (Å²) >= 11 is 0. The molecule has 0 fully saturated rings. The lowest BCUT2D eigenvalue weighted by atomic mass is 10.1. The summed E-state index contributed by atoms with van der Waals surface area (Å²) < 4.78 is 0. The molecule has 0 saturated carbocycles. The zero-order valence-electron chi connectivity index (χ0n) is 7.05. The van der Waals surface area contributed by atoms with Gasteiger partial charge in [-0.1, -0.05) is 25.0 Å². The van der Waals surface area contributed by atoms with Crippen LogP contribution in [0.5, 0.6) is 0 Å². The summed E-state index contributed by atoms with van der Waals surface area (Å²) in [4.78, 5) is 0. The normalized spacial score (nSPS) is 22.5. The van der Waals surface area contributed by atoms with Gasteiger partial charge in [0.05, 0.1) is 0 Å². The second kappa shape index (κ2) is 6.00. The molecule has 1 aliphatic rings. The third-order valence-corrected chi connectivity index (χ3v) is 1.92. The summed E-state index contributed by atoms with van der Waals surface area (Å²) in [5.74, 6) is 0. The van der Waals surface area contributed by atoms with Gasteiger partial charge in [-0.05, 0) is 37.8 Å². The number of hydrogen-bond acceptors (Lipinski definition) is 0. The van der Waals surface area contributed by atoms with Crippen LogP contribution in [-0.2, 0) is 0 Å². The Morgan fingerprint density at radius 3 is 2.64 bits per heavy atom. The zero-order chi connectivity index (χ0) is 7.78. The van der Waals surface area contributed by atoms with Crippen LogP contribution in [0.2, 0.25) is 0 Å². The Labute approximate surface area is 69.3 Å². The largest absolute Gasteiger partial charge is 0.125 e. The van der Waals surface area contributed by atoms with Crippen LogP contribution in [0.1, 0.15) is 38.5 Å². The highest BCUT2D eigenvalue weighted by Crippen LogP contribution is 2.06. The van der Waals surface area contributed by atoms with Crippen molar-refractivity contribution in [1.29, 1.82) is 0 Å². The fourth-order valence-corrected chi connectivity index (χ4v) is 1.23. The molecule has 0 N–H and O–H groups in total. The van der Waals surface area contributed by atoms with Crippen molar-refractivity contribution in [2.45, 2.75) is 38.5 Å². The van der Waals surface area contributed by atoms with Crippen LogP contribution in [0.3, 0.4) is 0 Å². The van der Waals surface area contributed by atoms with E-state index in [0.717, 1.165) is 0 Å². The first-order valence-corrected chi connectivity index (χ1v) is 4.56. The third kappa shape index (κ3) is 4.64. The van der Waals surface area contributed by atoms with Crippen LogP contribution in [-0.4, -0.2) is 0 Å². The van der Waals surface area contributed by atoms with Gasteiger partial charge < -0.3 is 0 Å². The van der Waals surface area contributed by atoms with Crippen molar-refractivity contribution in [1.82, 2.24) is 0 Å². The molecule has 0 unspecified atom stereocenters. The van der Waals surface area contributed by atoms with Crippen LogP contribution >= 0.6 is 0 Å². The fraction of sp³-hybridized carbons (Fsp3) is 0.545. The minimum Gasteiger partial charge on any atom is -0.125 e. The lowest BCUT2D eigenvalue weighted by Gasteiger charge is -1.94. The average Bonchev–Trinajstić information content (AvgIpc) is 2.08. The standard InChI is InChI=1S/C11H16/c1-2-4-6-8-10-11-9-7-5-3-1/h1-3,7H,4,6,8-11H2/b2-1+. The molecule has 60 valence electrons. The van der Waals surface area contributed by atoms with Crippen molar-refractivity contribution in [3.63, 3.8) is 0 Å². The summed E-state index contributed by atoms with van der Waals surface area (Å²) in [5.41, 5.74) is 3.15. The van der Waals surface area contributed by atoms with Gasteiger partial charge in [0.2, 0.25) is 0 Å². The van der Waals surface area contributed by atoms with Gasteiger partial charge in [-0.3, -0.25) is 0 Å². The molecule has 0 nitrogen and oxygen atoms in total. The van der Waals surface area contributed by atoms with Crippen LogP contribution < -0.4 is 0 Å². The van der Waals surface area contributed by atoms with Crippen molar-refractivity contribution in [2.24, 2.45) is 0 Å². The Kier molecular flexibility index (Phi) is 4.56. The van der Waals surface area contributed by atoms with E-state index >= 15 is 0 Å². The Bertz CT molecular complexity index is 168. The molecular weight excluding hydrogens is 132 g/mol. The minimum absolute atomic E-state index is 1.20. The van der Waals surface area contributed by atoms with Gasteiger partial charge in [0.1, 0.15) is 0 Å². The van der Waals surface area contributed by atoms with E-state index in [2.05, 4.69) is 24.0 Å². The van der Waals surface area contributed by atoms with E-state index in [1.807, 2.05) is 6.08 Å². The highest BCUT2D eigenvalue weighted by molar-refractivity contribution is 5.02. The number of hydrogen-bond donors (Lipinski definition) is 0. The van der Waals surface area contributed by atoms with Gasteiger partial charge in [-0.25, -0.2) is 0 Å². The molecule has 1 aliphatic carbocycles. The van der Waals surface area contributed by atoms with Crippen LogP contribution in [0, 0.1) is 0 Å². The van der Waals surface area contributed by atoms with E-state index in [1.54, 1.807) is 0 Å². The van der Waals surface area contributed by atoms with Crippen molar-refractivity contribution >= 4 is 0 Å². The summed E-state index contributed by atoms with van der Waals surface area (Å²) in [6.45, 7) is 0. The maximum Gasteiger partial charge on any atom is -0.0206 e. The average molecular weight is 148 g/mol. The topological polar surface area (TPSA) is 0 Å². The Hall–Kier alpha value is -0.740. The van der Waals surface area contributed by atoms with Crippen LogP contribution in [0.15, 0.2) is 30.0 Å². The Morgan fingerprint density at radius 1 is 0.909 bits per heavy atom. The van der Waals surface area contributed by atoms with Gasteiger partial charge in [-0.2, -0.15) is 0 Å². The molecule has 0 spiro atoms. The maximum atomic E-state index is 3.15. The number of rotatable bonds is 0. The molecule has 1 rings (SSSR count). The summed E-state index contributed by atoms with van der Waals surface area (Å²) in [6.07, 6.45) is 16.4. The highest BCUT2D eigenvalue weighted by atomic mass is 13.9. The minimum atomic E-state index is 1.20. The first-order chi connectivity index (χ1) is 5.50. The quantitative estimate of drug-likeness (QED) is 0.460. The lowest BCUT2D eigenvalue weighted by molar-refractivity contribution is 0.653. The monoisotopic (exact) mass is 148 g/mol. The molecule has 0 aliphatic heterocycles. The molecule has 11 heavy (non-hydrogen) atoms. The van der Waals surface area contributed by atoms with Gasteiger partial charge >= 0.3 is 0 Å². The first kappa shape index (κ1) is 8.36. The summed E-state index contributed by atoms with van der Waals surface area (Å²) in [5, 5.41) is 0. The predicted molar refractivity (Wildman–Crippen MR) is 49.5 cm³/mol. The Balaban J connectivity index is 2.37. The molecule has 0 radical (unpaired) electrons. The second-order valence-electron chi connectivity index (χ2n) is 2.96. The van der Waals surface area contributed by atoms with Crippen molar-refractivity contribution < 1.29 is 0 Å². The first-order valence-electron chi connectivity index (χ1n) is 4.56. The summed E-state index contributed by atoms with van der Waals surface area (Å²) in [7, 11) is 0. The summed E-state index contributed by atoms with van der Waals surface area (Å²) in [6, 6.07) is 0. The van der Waals surface area contributed by atoms with Gasteiger partial charge in [0.25, 0.3) is 0 Å². The third-order valence-electron chi connectivity index (χ3n) is 1.92. The molecular formula is C11H16. The van der Waals surface area contributed by atoms with Crippen molar-refractivity contribution in [2.75, 3.05) is 0 Å². The van der Waals surface area contributed by atoms with E-state index in [9.17, 15) is 0 Å². The highest BCUT2D eigenvalue weighted by Gasteiger charge is 1.87. The molecule has 0 heteroatoms. The van der Waals surface area contributed by atoms with Crippen LogP contribution in [0.4, 0.5) is 0 Å². The van der Waals surface area contributed by atoms with E-state index in [1.165, 1.54) is 38.5 Å².